The van der Waals surface area contributed by atoms with Gasteiger partial charge >= 0.3 is 18.2 Å². The smallest absolute Gasteiger partial charge is 0.416 e. The van der Waals surface area contributed by atoms with Crippen LogP contribution in [0.4, 0.5) is 23.7 Å². The quantitative estimate of drug-likeness (QED) is 0.754. The van der Waals surface area contributed by atoms with Crippen molar-refractivity contribution >= 4 is 29.3 Å². The first-order valence-electron chi connectivity index (χ1n) is 7.33. The SMILES string of the molecule is O=C(Nc1cc(Cl)cc(C(F)(F)F)c1)NC1CCC(C(=O)O)CC1. The average molecular weight is 365 g/mol. The Morgan fingerprint density at radius 3 is 2.29 bits per heavy atom. The van der Waals surface area contributed by atoms with Gasteiger partial charge in [-0.05, 0) is 43.9 Å². The number of amides is 2. The van der Waals surface area contributed by atoms with E-state index in [2.05, 4.69) is 10.6 Å². The number of carboxylic acids is 1. The van der Waals surface area contributed by atoms with Gasteiger partial charge in [0.2, 0.25) is 0 Å². The molecule has 9 heteroatoms. The Kier molecular flexibility index (Phi) is 5.58. The number of alkyl halides is 3. The molecule has 1 fully saturated rings. The first-order valence-corrected chi connectivity index (χ1v) is 7.71. The number of aliphatic carboxylic acids is 1. The van der Waals surface area contributed by atoms with Crippen LogP contribution in [0.25, 0.3) is 0 Å². The lowest BCUT2D eigenvalue weighted by Crippen LogP contribution is -2.41. The van der Waals surface area contributed by atoms with E-state index in [0.717, 1.165) is 12.1 Å². The van der Waals surface area contributed by atoms with Crippen molar-refractivity contribution in [3.8, 4) is 0 Å². The molecule has 0 aromatic heterocycles. The van der Waals surface area contributed by atoms with Gasteiger partial charge in [0.25, 0.3) is 0 Å². The summed E-state index contributed by atoms with van der Waals surface area (Å²) in [6.07, 6.45) is -2.64. The maximum Gasteiger partial charge on any atom is 0.416 e. The molecule has 1 saturated carbocycles. The van der Waals surface area contributed by atoms with Crippen LogP contribution >= 0.6 is 11.6 Å². The van der Waals surface area contributed by atoms with Crippen LogP contribution in [0.15, 0.2) is 18.2 Å². The maximum absolute atomic E-state index is 12.7. The number of carbonyl (C=O) groups excluding carboxylic acids is 1. The maximum atomic E-state index is 12.7. The molecule has 3 N–H and O–H groups in total. The van der Waals surface area contributed by atoms with Gasteiger partial charge in [0.05, 0.1) is 11.5 Å². The number of carbonyl (C=O) groups is 2. The molecule has 24 heavy (non-hydrogen) atoms. The Balaban J connectivity index is 1.93. The lowest BCUT2D eigenvalue weighted by molar-refractivity contribution is -0.143. The van der Waals surface area contributed by atoms with Gasteiger partial charge in [-0.1, -0.05) is 11.6 Å². The van der Waals surface area contributed by atoms with Crippen molar-refractivity contribution in [3.63, 3.8) is 0 Å². The average Bonchev–Trinajstić information content (AvgIpc) is 2.46. The fourth-order valence-electron chi connectivity index (χ4n) is 2.66. The number of rotatable bonds is 3. The highest BCUT2D eigenvalue weighted by Crippen LogP contribution is 2.33. The third-order valence-corrected chi connectivity index (χ3v) is 4.11. The number of benzene rings is 1. The summed E-state index contributed by atoms with van der Waals surface area (Å²) in [6, 6.07) is 1.94. The van der Waals surface area contributed by atoms with Gasteiger partial charge < -0.3 is 15.7 Å². The molecule has 0 radical (unpaired) electrons. The number of urea groups is 1. The molecular formula is C15H16ClF3N2O3. The summed E-state index contributed by atoms with van der Waals surface area (Å²) >= 11 is 5.65. The Labute approximate surface area is 141 Å². The molecular weight excluding hydrogens is 349 g/mol. The van der Waals surface area contributed by atoms with Crippen molar-refractivity contribution in [1.29, 1.82) is 0 Å². The highest BCUT2D eigenvalue weighted by atomic mass is 35.5. The van der Waals surface area contributed by atoms with E-state index in [9.17, 15) is 22.8 Å². The summed E-state index contributed by atoms with van der Waals surface area (Å²) < 4.78 is 38.2. The molecule has 0 aliphatic heterocycles. The van der Waals surface area contributed by atoms with Crippen molar-refractivity contribution < 1.29 is 27.9 Å². The van der Waals surface area contributed by atoms with Gasteiger partial charge in [-0.3, -0.25) is 4.79 Å². The van der Waals surface area contributed by atoms with E-state index in [1.807, 2.05) is 0 Å². The fraction of sp³-hybridized carbons (Fsp3) is 0.467. The highest BCUT2D eigenvalue weighted by Gasteiger charge is 2.31. The summed E-state index contributed by atoms with van der Waals surface area (Å²) in [5.74, 6) is -1.26. The normalized spacial score (nSPS) is 21.2. The summed E-state index contributed by atoms with van der Waals surface area (Å²) in [7, 11) is 0. The van der Waals surface area contributed by atoms with Gasteiger partial charge in [-0.2, -0.15) is 13.2 Å². The molecule has 0 bridgehead atoms. The highest BCUT2D eigenvalue weighted by molar-refractivity contribution is 6.31. The molecule has 0 heterocycles. The van der Waals surface area contributed by atoms with E-state index in [1.165, 1.54) is 6.07 Å². The molecule has 132 valence electrons. The van der Waals surface area contributed by atoms with Crippen LogP contribution in [-0.4, -0.2) is 23.1 Å². The van der Waals surface area contributed by atoms with E-state index >= 15 is 0 Å². The van der Waals surface area contributed by atoms with E-state index in [4.69, 9.17) is 16.7 Å². The fourth-order valence-corrected chi connectivity index (χ4v) is 2.90. The molecule has 0 spiro atoms. The lowest BCUT2D eigenvalue weighted by atomic mass is 9.86. The molecule has 0 atom stereocenters. The van der Waals surface area contributed by atoms with Gasteiger partial charge in [0.15, 0.2) is 0 Å². The van der Waals surface area contributed by atoms with Crippen LogP contribution in [0.1, 0.15) is 31.2 Å². The van der Waals surface area contributed by atoms with Crippen LogP contribution < -0.4 is 10.6 Å². The van der Waals surface area contributed by atoms with Crippen LogP contribution in [0.2, 0.25) is 5.02 Å². The molecule has 2 rings (SSSR count). The van der Waals surface area contributed by atoms with Gasteiger partial charge in [-0.15, -0.1) is 0 Å². The van der Waals surface area contributed by atoms with E-state index in [-0.39, 0.29) is 16.8 Å². The topological polar surface area (TPSA) is 78.4 Å². The number of halogens is 4. The van der Waals surface area contributed by atoms with Gasteiger partial charge in [0.1, 0.15) is 0 Å². The zero-order valence-electron chi connectivity index (χ0n) is 12.5. The molecule has 1 aromatic rings. The minimum atomic E-state index is -4.56. The summed E-state index contributed by atoms with van der Waals surface area (Å²) in [4.78, 5) is 22.8. The Hall–Kier alpha value is -1.96. The van der Waals surface area contributed by atoms with Crippen molar-refractivity contribution in [2.75, 3.05) is 5.32 Å². The lowest BCUT2D eigenvalue weighted by Gasteiger charge is -2.26. The second-order valence-corrected chi connectivity index (χ2v) is 6.15. The number of nitrogens with one attached hydrogen (secondary N) is 2. The van der Waals surface area contributed by atoms with Crippen LogP contribution in [0, 0.1) is 5.92 Å². The molecule has 5 nitrogen and oxygen atoms in total. The van der Waals surface area contributed by atoms with E-state index in [0.29, 0.717) is 25.7 Å². The molecule has 1 aromatic carbocycles. The minimum absolute atomic E-state index is 0.0634. The van der Waals surface area contributed by atoms with E-state index < -0.39 is 29.7 Å². The van der Waals surface area contributed by atoms with Gasteiger partial charge in [0, 0.05) is 16.8 Å². The van der Waals surface area contributed by atoms with Crippen LogP contribution in [0.5, 0.6) is 0 Å². The molecule has 0 saturated heterocycles. The van der Waals surface area contributed by atoms with E-state index in [1.54, 1.807) is 0 Å². The Morgan fingerprint density at radius 2 is 1.75 bits per heavy atom. The number of carboxylic acid groups (broad SMARTS) is 1. The summed E-state index contributed by atoms with van der Waals surface area (Å²) in [5, 5.41) is 13.7. The third kappa shape index (κ3) is 5.02. The second kappa shape index (κ2) is 7.29. The zero-order chi connectivity index (χ0) is 17.9. The minimum Gasteiger partial charge on any atom is -0.481 e. The Morgan fingerprint density at radius 1 is 1.12 bits per heavy atom. The second-order valence-electron chi connectivity index (χ2n) is 5.71. The monoisotopic (exact) mass is 364 g/mol. The van der Waals surface area contributed by atoms with Crippen molar-refractivity contribution in [2.24, 2.45) is 5.92 Å². The van der Waals surface area contributed by atoms with Crippen LogP contribution in [0.3, 0.4) is 0 Å². The summed E-state index contributed by atoms with van der Waals surface area (Å²) in [6.45, 7) is 0. The number of hydrogen-bond donors (Lipinski definition) is 3. The summed E-state index contributed by atoms with van der Waals surface area (Å²) in [5.41, 5.74) is -1.01. The molecule has 0 unspecified atom stereocenters. The van der Waals surface area contributed by atoms with Gasteiger partial charge in [-0.25, -0.2) is 4.79 Å². The van der Waals surface area contributed by atoms with Crippen LogP contribution in [-0.2, 0) is 11.0 Å². The molecule has 1 aliphatic rings. The molecule has 1 aliphatic carbocycles. The van der Waals surface area contributed by atoms with Crippen molar-refractivity contribution in [3.05, 3.63) is 28.8 Å². The zero-order valence-corrected chi connectivity index (χ0v) is 13.2. The largest absolute Gasteiger partial charge is 0.481 e. The van der Waals surface area contributed by atoms with Crippen molar-refractivity contribution in [2.45, 2.75) is 37.9 Å². The Bertz CT molecular complexity index is 629. The predicted octanol–water partition coefficient (Wildman–Crippen LogP) is 4.12. The third-order valence-electron chi connectivity index (χ3n) is 3.89. The number of anilines is 1. The first kappa shape index (κ1) is 18.4. The standard InChI is InChI=1S/C15H16ClF3N2O3/c16-10-5-9(15(17,18)19)6-12(7-10)21-14(24)20-11-3-1-8(2-4-11)13(22)23/h5-8,11H,1-4H2,(H,22,23)(H2,20,21,24). The predicted molar refractivity (Wildman–Crippen MR) is 82.0 cm³/mol. The molecule has 2 amide bonds. The number of hydrogen-bond acceptors (Lipinski definition) is 2. The first-order chi connectivity index (χ1) is 11.1. The van der Waals surface area contributed by atoms with Crippen molar-refractivity contribution in [1.82, 2.24) is 5.32 Å².